The van der Waals surface area contributed by atoms with Gasteiger partial charge in [0.1, 0.15) is 5.82 Å². The molecule has 0 aromatic heterocycles. The molecule has 7 nitrogen and oxygen atoms in total. The van der Waals surface area contributed by atoms with Gasteiger partial charge in [-0.3, -0.25) is 4.79 Å². The van der Waals surface area contributed by atoms with E-state index < -0.39 is 33.8 Å². The van der Waals surface area contributed by atoms with E-state index in [4.69, 9.17) is 4.74 Å². The summed E-state index contributed by atoms with van der Waals surface area (Å²) in [6, 6.07) is 11.4. The fourth-order valence-corrected chi connectivity index (χ4v) is 5.56. The van der Waals surface area contributed by atoms with Crippen molar-refractivity contribution in [2.24, 2.45) is 0 Å². The van der Waals surface area contributed by atoms with Crippen LogP contribution in [-0.2, 0) is 26.1 Å². The van der Waals surface area contributed by atoms with Gasteiger partial charge in [0.15, 0.2) is 6.10 Å². The van der Waals surface area contributed by atoms with Crippen molar-refractivity contribution in [3.8, 4) is 0 Å². The number of halogens is 1. The minimum absolute atomic E-state index is 0.0142. The summed E-state index contributed by atoms with van der Waals surface area (Å²) < 4.78 is 46.0. The molecule has 3 rings (SSSR count). The van der Waals surface area contributed by atoms with Crippen LogP contribution in [0.3, 0.4) is 0 Å². The van der Waals surface area contributed by atoms with Crippen LogP contribution in [0.15, 0.2) is 53.4 Å². The molecule has 0 N–H and O–H groups in total. The molecular formula is C25H31FN2O5S. The summed E-state index contributed by atoms with van der Waals surface area (Å²) >= 11 is 0. The van der Waals surface area contributed by atoms with Crippen molar-refractivity contribution < 1.29 is 27.1 Å². The molecule has 1 saturated carbocycles. The molecule has 0 aliphatic heterocycles. The summed E-state index contributed by atoms with van der Waals surface area (Å²) in [6.45, 7) is 1.62. The second-order valence-corrected chi connectivity index (χ2v) is 10.7. The van der Waals surface area contributed by atoms with Crippen LogP contribution in [0.25, 0.3) is 0 Å². The Kier molecular flexibility index (Phi) is 8.43. The first-order chi connectivity index (χ1) is 16.1. The van der Waals surface area contributed by atoms with E-state index in [1.165, 1.54) is 52.5 Å². The van der Waals surface area contributed by atoms with Gasteiger partial charge >= 0.3 is 5.97 Å². The highest BCUT2D eigenvalue weighted by molar-refractivity contribution is 7.89. The summed E-state index contributed by atoms with van der Waals surface area (Å²) in [5.41, 5.74) is 0.760. The highest BCUT2D eigenvalue weighted by atomic mass is 32.2. The Balaban J connectivity index is 1.60. The number of hydrogen-bond donors (Lipinski definition) is 0. The van der Waals surface area contributed by atoms with Gasteiger partial charge in [0.25, 0.3) is 5.91 Å². The van der Waals surface area contributed by atoms with Gasteiger partial charge < -0.3 is 9.64 Å². The van der Waals surface area contributed by atoms with Gasteiger partial charge in [0.2, 0.25) is 10.0 Å². The van der Waals surface area contributed by atoms with E-state index in [0.29, 0.717) is 5.56 Å². The van der Waals surface area contributed by atoms with E-state index in [-0.39, 0.29) is 23.0 Å². The number of benzene rings is 2. The lowest BCUT2D eigenvalue weighted by molar-refractivity contribution is -0.139. The highest BCUT2D eigenvalue weighted by Crippen LogP contribution is 2.26. The molecule has 2 aromatic rings. The summed E-state index contributed by atoms with van der Waals surface area (Å²) in [7, 11) is -0.528. The molecule has 0 saturated heterocycles. The maximum absolute atomic E-state index is 13.4. The molecule has 0 bridgehead atoms. The Morgan fingerprint density at radius 1 is 1.06 bits per heavy atom. The van der Waals surface area contributed by atoms with Gasteiger partial charge in [-0.05, 0) is 61.7 Å². The molecule has 1 aliphatic carbocycles. The van der Waals surface area contributed by atoms with Crippen LogP contribution < -0.4 is 0 Å². The number of rotatable bonds is 8. The molecule has 0 heterocycles. The zero-order valence-corrected chi connectivity index (χ0v) is 20.6. The van der Waals surface area contributed by atoms with E-state index >= 15 is 0 Å². The summed E-state index contributed by atoms with van der Waals surface area (Å²) in [4.78, 5) is 26.6. The number of carbonyl (C=O) groups is 2. The van der Waals surface area contributed by atoms with Gasteiger partial charge in [-0.25, -0.2) is 17.6 Å². The third kappa shape index (κ3) is 6.21. The number of likely N-dealkylation sites (N-methyl/N-ethyl adjacent to an activating group) is 1. The predicted molar refractivity (Wildman–Crippen MR) is 126 cm³/mol. The number of amides is 1. The van der Waals surface area contributed by atoms with E-state index in [9.17, 15) is 22.4 Å². The van der Waals surface area contributed by atoms with E-state index in [0.717, 1.165) is 32.1 Å². The average Bonchev–Trinajstić information content (AvgIpc) is 2.83. The monoisotopic (exact) mass is 490 g/mol. The van der Waals surface area contributed by atoms with E-state index in [1.54, 1.807) is 26.2 Å². The lowest BCUT2D eigenvalue weighted by Crippen LogP contribution is -2.38. The number of nitrogens with zero attached hydrogens (tertiary/aromatic N) is 2. The zero-order valence-electron chi connectivity index (χ0n) is 19.7. The van der Waals surface area contributed by atoms with Crippen LogP contribution in [-0.4, -0.2) is 55.7 Å². The van der Waals surface area contributed by atoms with Gasteiger partial charge in [0, 0.05) is 26.7 Å². The van der Waals surface area contributed by atoms with Crippen LogP contribution in [0.4, 0.5) is 4.39 Å². The third-order valence-corrected chi connectivity index (χ3v) is 8.10. The molecule has 2 aromatic carbocycles. The highest BCUT2D eigenvalue weighted by Gasteiger charge is 2.29. The molecule has 34 heavy (non-hydrogen) atoms. The molecule has 1 aliphatic rings. The second kappa shape index (κ2) is 11.1. The Hall–Kier alpha value is -2.78. The van der Waals surface area contributed by atoms with Gasteiger partial charge in [-0.2, -0.15) is 4.31 Å². The zero-order chi connectivity index (χ0) is 24.9. The second-order valence-electron chi connectivity index (χ2n) is 8.71. The molecule has 184 valence electrons. The van der Waals surface area contributed by atoms with Crippen molar-refractivity contribution in [2.75, 3.05) is 14.1 Å². The first-order valence-corrected chi connectivity index (χ1v) is 12.8. The maximum atomic E-state index is 13.4. The van der Waals surface area contributed by atoms with Crippen molar-refractivity contribution in [1.29, 1.82) is 0 Å². The smallest absolute Gasteiger partial charge is 0.338 e. The quantitative estimate of drug-likeness (QED) is 0.523. The Labute approximate surface area is 200 Å². The minimum Gasteiger partial charge on any atom is -0.449 e. The van der Waals surface area contributed by atoms with Crippen molar-refractivity contribution in [1.82, 2.24) is 9.21 Å². The number of sulfonamides is 1. The Bertz CT molecular complexity index is 1110. The number of carbonyl (C=O) groups excluding carboxylic acids is 2. The van der Waals surface area contributed by atoms with Crippen molar-refractivity contribution in [3.05, 3.63) is 65.5 Å². The van der Waals surface area contributed by atoms with Crippen LogP contribution >= 0.6 is 0 Å². The summed E-state index contributed by atoms with van der Waals surface area (Å²) in [6.07, 6.45) is 3.79. The van der Waals surface area contributed by atoms with E-state index in [2.05, 4.69) is 0 Å². The lowest BCUT2D eigenvalue weighted by Gasteiger charge is -2.30. The topological polar surface area (TPSA) is 84.0 Å². The molecule has 0 spiro atoms. The van der Waals surface area contributed by atoms with Crippen LogP contribution in [0.5, 0.6) is 0 Å². The maximum Gasteiger partial charge on any atom is 0.338 e. The Morgan fingerprint density at radius 3 is 2.32 bits per heavy atom. The molecular weight excluding hydrogens is 459 g/mol. The fourth-order valence-electron chi connectivity index (χ4n) is 4.15. The molecule has 1 fully saturated rings. The standard InChI is InChI=1S/C25H31FN2O5S/c1-18(24(29)27(2)17-19-8-7-9-21(26)16-19)33-25(30)20-12-14-23(15-13-20)34(31,32)28(3)22-10-5-4-6-11-22/h7-9,12-16,18,22H,4-6,10-11,17H2,1-3H3. The predicted octanol–water partition coefficient (Wildman–Crippen LogP) is 3.98. The minimum atomic E-state index is -3.67. The summed E-state index contributed by atoms with van der Waals surface area (Å²) in [5.74, 6) is -1.57. The van der Waals surface area contributed by atoms with E-state index in [1.807, 2.05) is 0 Å². The number of hydrogen-bond acceptors (Lipinski definition) is 5. The van der Waals surface area contributed by atoms with Crippen LogP contribution in [0.2, 0.25) is 0 Å². The largest absolute Gasteiger partial charge is 0.449 e. The van der Waals surface area contributed by atoms with Gasteiger partial charge in [-0.15, -0.1) is 0 Å². The first-order valence-electron chi connectivity index (χ1n) is 11.4. The molecule has 1 atom stereocenters. The number of esters is 1. The van der Waals surface area contributed by atoms with Crippen molar-refractivity contribution in [3.63, 3.8) is 0 Å². The molecule has 1 amide bonds. The first kappa shape index (κ1) is 25.8. The molecule has 0 radical (unpaired) electrons. The SMILES string of the molecule is CC(OC(=O)c1ccc(S(=O)(=O)N(C)C2CCCCC2)cc1)C(=O)N(C)Cc1cccc(F)c1. The number of ether oxygens (including phenoxy) is 1. The lowest BCUT2D eigenvalue weighted by atomic mass is 9.96. The Morgan fingerprint density at radius 2 is 1.71 bits per heavy atom. The fraction of sp³-hybridized carbons (Fsp3) is 0.440. The van der Waals surface area contributed by atoms with Gasteiger partial charge in [-0.1, -0.05) is 31.4 Å². The normalized spacial score (nSPS) is 15.7. The average molecular weight is 491 g/mol. The summed E-state index contributed by atoms with van der Waals surface area (Å²) in [5, 5.41) is 0. The van der Waals surface area contributed by atoms with Crippen LogP contribution in [0, 0.1) is 5.82 Å². The molecule has 9 heteroatoms. The van der Waals surface area contributed by atoms with Crippen molar-refractivity contribution in [2.45, 2.75) is 62.6 Å². The van der Waals surface area contributed by atoms with Crippen molar-refractivity contribution >= 4 is 21.9 Å². The van der Waals surface area contributed by atoms with Gasteiger partial charge in [0.05, 0.1) is 10.5 Å². The molecule has 1 unspecified atom stereocenters. The van der Waals surface area contributed by atoms with Crippen LogP contribution in [0.1, 0.15) is 54.9 Å². The third-order valence-electron chi connectivity index (χ3n) is 6.17.